The van der Waals surface area contributed by atoms with E-state index in [4.69, 9.17) is 0 Å². The SMILES string of the molecule is CNC(c1ccc(C)cc1)C(C)N1CCCC(C)C1C. The summed E-state index contributed by atoms with van der Waals surface area (Å²) < 4.78 is 0. The van der Waals surface area contributed by atoms with Gasteiger partial charge in [0.05, 0.1) is 0 Å². The Morgan fingerprint density at radius 3 is 2.45 bits per heavy atom. The Bertz CT molecular complexity index is 412. The molecule has 1 aliphatic rings. The fourth-order valence-electron chi connectivity index (χ4n) is 3.59. The van der Waals surface area contributed by atoms with Gasteiger partial charge in [-0.25, -0.2) is 0 Å². The van der Waals surface area contributed by atoms with E-state index in [0.717, 1.165) is 5.92 Å². The molecule has 1 aromatic carbocycles. The Labute approximate surface area is 124 Å². The summed E-state index contributed by atoms with van der Waals surface area (Å²) in [6.07, 6.45) is 2.71. The standard InChI is InChI=1S/C18H30N2/c1-13-8-10-17(11-9-13)18(19-5)16(4)20-12-6-7-14(2)15(20)3/h8-11,14-16,18-19H,6-7,12H2,1-5H3. The summed E-state index contributed by atoms with van der Waals surface area (Å²) >= 11 is 0. The summed E-state index contributed by atoms with van der Waals surface area (Å²) in [7, 11) is 2.08. The quantitative estimate of drug-likeness (QED) is 0.899. The second-order valence-electron chi connectivity index (χ2n) is 6.52. The molecule has 0 amide bonds. The molecule has 0 spiro atoms. The molecule has 2 nitrogen and oxygen atoms in total. The van der Waals surface area contributed by atoms with Crippen molar-refractivity contribution < 1.29 is 0 Å². The fourth-order valence-corrected chi connectivity index (χ4v) is 3.59. The summed E-state index contributed by atoms with van der Waals surface area (Å²) in [6, 6.07) is 10.6. The van der Waals surface area contributed by atoms with Crippen LogP contribution >= 0.6 is 0 Å². The Morgan fingerprint density at radius 1 is 1.20 bits per heavy atom. The lowest BCUT2D eigenvalue weighted by Crippen LogP contribution is -2.51. The van der Waals surface area contributed by atoms with E-state index < -0.39 is 0 Å². The first kappa shape index (κ1) is 15.5. The average Bonchev–Trinajstić information content (AvgIpc) is 2.44. The molecule has 1 fully saturated rings. The highest BCUT2D eigenvalue weighted by atomic mass is 15.2. The van der Waals surface area contributed by atoms with E-state index in [9.17, 15) is 0 Å². The number of likely N-dealkylation sites (N-methyl/N-ethyl adjacent to an activating group) is 1. The first-order valence-corrected chi connectivity index (χ1v) is 8.04. The van der Waals surface area contributed by atoms with Gasteiger partial charge in [0, 0.05) is 18.1 Å². The van der Waals surface area contributed by atoms with Gasteiger partial charge in [-0.2, -0.15) is 0 Å². The number of nitrogens with zero attached hydrogens (tertiary/aromatic N) is 1. The number of aryl methyl sites for hydroxylation is 1. The third kappa shape index (κ3) is 3.24. The summed E-state index contributed by atoms with van der Waals surface area (Å²) in [5.41, 5.74) is 2.73. The Kier molecular flexibility index (Phi) is 5.22. The highest BCUT2D eigenvalue weighted by molar-refractivity contribution is 5.25. The molecule has 4 atom stereocenters. The molecule has 1 saturated heterocycles. The van der Waals surface area contributed by atoms with Gasteiger partial charge in [-0.1, -0.05) is 36.8 Å². The molecule has 0 aromatic heterocycles. The summed E-state index contributed by atoms with van der Waals surface area (Å²) in [4.78, 5) is 2.69. The summed E-state index contributed by atoms with van der Waals surface area (Å²) in [5, 5.41) is 3.53. The maximum absolute atomic E-state index is 3.53. The first-order chi connectivity index (χ1) is 9.54. The van der Waals surface area contributed by atoms with Crippen LogP contribution < -0.4 is 5.32 Å². The Hall–Kier alpha value is -0.860. The normalized spacial score (nSPS) is 27.2. The number of benzene rings is 1. The number of nitrogens with one attached hydrogen (secondary N) is 1. The lowest BCUT2D eigenvalue weighted by molar-refractivity contribution is 0.0588. The average molecular weight is 274 g/mol. The molecular formula is C18H30N2. The summed E-state index contributed by atoms with van der Waals surface area (Å²) in [6.45, 7) is 10.5. The summed E-state index contributed by atoms with van der Waals surface area (Å²) in [5.74, 6) is 0.807. The van der Waals surface area contributed by atoms with Gasteiger partial charge in [0.1, 0.15) is 0 Å². The first-order valence-electron chi connectivity index (χ1n) is 8.04. The molecule has 112 valence electrons. The zero-order chi connectivity index (χ0) is 14.7. The number of hydrogen-bond donors (Lipinski definition) is 1. The molecule has 1 aromatic rings. The number of piperidine rings is 1. The molecule has 1 heterocycles. The second-order valence-corrected chi connectivity index (χ2v) is 6.52. The predicted molar refractivity (Wildman–Crippen MR) is 87.0 cm³/mol. The molecule has 2 rings (SSSR count). The zero-order valence-corrected chi connectivity index (χ0v) is 13.7. The Balaban J connectivity index is 2.16. The van der Waals surface area contributed by atoms with E-state index >= 15 is 0 Å². The number of hydrogen-bond acceptors (Lipinski definition) is 2. The largest absolute Gasteiger partial charge is 0.312 e. The zero-order valence-electron chi connectivity index (χ0n) is 13.7. The van der Waals surface area contributed by atoms with Crippen molar-refractivity contribution in [2.24, 2.45) is 5.92 Å². The second kappa shape index (κ2) is 6.73. The van der Waals surface area contributed by atoms with Crippen LogP contribution in [0.25, 0.3) is 0 Å². The van der Waals surface area contributed by atoms with Crippen molar-refractivity contribution in [3.63, 3.8) is 0 Å². The van der Waals surface area contributed by atoms with Gasteiger partial charge in [0.15, 0.2) is 0 Å². The fraction of sp³-hybridized carbons (Fsp3) is 0.667. The van der Waals surface area contributed by atoms with E-state index in [-0.39, 0.29) is 0 Å². The monoisotopic (exact) mass is 274 g/mol. The molecule has 2 heteroatoms. The van der Waals surface area contributed by atoms with Crippen LogP contribution in [0, 0.1) is 12.8 Å². The minimum absolute atomic E-state index is 0.406. The number of rotatable bonds is 4. The van der Waals surface area contributed by atoms with Gasteiger partial charge in [-0.3, -0.25) is 4.90 Å². The topological polar surface area (TPSA) is 15.3 Å². The van der Waals surface area contributed by atoms with Crippen LogP contribution in [0.15, 0.2) is 24.3 Å². The van der Waals surface area contributed by atoms with Crippen molar-refractivity contribution in [3.05, 3.63) is 35.4 Å². The van der Waals surface area contributed by atoms with Gasteiger partial charge in [-0.15, -0.1) is 0 Å². The molecule has 20 heavy (non-hydrogen) atoms. The third-order valence-corrected chi connectivity index (χ3v) is 5.18. The molecule has 0 aliphatic carbocycles. The van der Waals surface area contributed by atoms with Gasteiger partial charge >= 0.3 is 0 Å². The van der Waals surface area contributed by atoms with Crippen molar-refractivity contribution in [2.45, 2.75) is 58.7 Å². The van der Waals surface area contributed by atoms with E-state index in [0.29, 0.717) is 18.1 Å². The third-order valence-electron chi connectivity index (χ3n) is 5.18. The lowest BCUT2D eigenvalue weighted by atomic mass is 9.88. The lowest BCUT2D eigenvalue weighted by Gasteiger charge is -2.44. The minimum atomic E-state index is 0.406. The minimum Gasteiger partial charge on any atom is -0.312 e. The van der Waals surface area contributed by atoms with Gasteiger partial charge in [0.2, 0.25) is 0 Å². The maximum atomic E-state index is 3.53. The molecule has 0 saturated carbocycles. The van der Waals surface area contributed by atoms with E-state index in [2.05, 4.69) is 69.2 Å². The van der Waals surface area contributed by atoms with Crippen LogP contribution in [0.2, 0.25) is 0 Å². The Morgan fingerprint density at radius 2 is 1.85 bits per heavy atom. The van der Waals surface area contributed by atoms with Gasteiger partial charge < -0.3 is 5.32 Å². The van der Waals surface area contributed by atoms with Crippen molar-refractivity contribution in [3.8, 4) is 0 Å². The van der Waals surface area contributed by atoms with Gasteiger partial charge in [-0.05, 0) is 58.7 Å². The van der Waals surface area contributed by atoms with Crippen molar-refractivity contribution >= 4 is 0 Å². The van der Waals surface area contributed by atoms with Gasteiger partial charge in [0.25, 0.3) is 0 Å². The van der Waals surface area contributed by atoms with E-state index in [1.165, 1.54) is 30.5 Å². The highest BCUT2D eigenvalue weighted by Crippen LogP contribution is 2.29. The molecule has 0 radical (unpaired) electrons. The van der Waals surface area contributed by atoms with Crippen LogP contribution in [0.3, 0.4) is 0 Å². The molecule has 0 bridgehead atoms. The smallest absolute Gasteiger partial charge is 0.0473 e. The molecule has 1 N–H and O–H groups in total. The van der Waals surface area contributed by atoms with Crippen LogP contribution in [-0.4, -0.2) is 30.6 Å². The maximum Gasteiger partial charge on any atom is 0.0473 e. The van der Waals surface area contributed by atoms with Crippen molar-refractivity contribution in [1.82, 2.24) is 10.2 Å². The molecular weight excluding hydrogens is 244 g/mol. The van der Waals surface area contributed by atoms with E-state index in [1.54, 1.807) is 0 Å². The van der Waals surface area contributed by atoms with Crippen LogP contribution in [0.4, 0.5) is 0 Å². The molecule has 4 unspecified atom stereocenters. The predicted octanol–water partition coefficient (Wildman–Crippen LogP) is 3.76. The van der Waals surface area contributed by atoms with Crippen LogP contribution in [0.1, 0.15) is 50.8 Å². The van der Waals surface area contributed by atoms with Crippen LogP contribution in [0.5, 0.6) is 0 Å². The van der Waals surface area contributed by atoms with Crippen molar-refractivity contribution in [1.29, 1.82) is 0 Å². The van der Waals surface area contributed by atoms with E-state index in [1.807, 2.05) is 0 Å². The highest BCUT2D eigenvalue weighted by Gasteiger charge is 2.32. The number of likely N-dealkylation sites (tertiary alicyclic amines) is 1. The molecule has 1 aliphatic heterocycles. The van der Waals surface area contributed by atoms with Crippen molar-refractivity contribution in [2.75, 3.05) is 13.6 Å². The van der Waals surface area contributed by atoms with Crippen LogP contribution in [-0.2, 0) is 0 Å².